The van der Waals surface area contributed by atoms with Crippen LogP contribution in [-0.2, 0) is 0 Å². The zero-order valence-electron chi connectivity index (χ0n) is 13.2. The Morgan fingerprint density at radius 1 is 0.958 bits per heavy atom. The summed E-state index contributed by atoms with van der Waals surface area (Å²) < 4.78 is 7.78. The summed E-state index contributed by atoms with van der Waals surface area (Å²) in [5.41, 5.74) is 2.70. The summed E-state index contributed by atoms with van der Waals surface area (Å²) in [7, 11) is 1.84. The summed E-state index contributed by atoms with van der Waals surface area (Å²) in [5, 5.41) is 3.09. The molecule has 0 unspecified atom stereocenters. The fraction of sp³-hybridized carbons (Fsp3) is 0.0526. The molecule has 0 bridgehead atoms. The normalized spacial score (nSPS) is 10.7. The molecule has 24 heavy (non-hydrogen) atoms. The molecule has 0 fully saturated rings. The molecule has 1 N–H and O–H groups in total. The third kappa shape index (κ3) is 2.67. The van der Waals surface area contributed by atoms with E-state index in [0.29, 0.717) is 0 Å². The Labute approximate surface area is 139 Å². The number of ether oxygens (including phenoxy) is 1. The van der Waals surface area contributed by atoms with E-state index in [-0.39, 0.29) is 0 Å². The van der Waals surface area contributed by atoms with E-state index in [1.807, 2.05) is 78.4 Å². The van der Waals surface area contributed by atoms with Gasteiger partial charge in [0.05, 0.1) is 5.69 Å². The highest BCUT2D eigenvalue weighted by Gasteiger charge is 2.08. The molecular weight excluding hydrogens is 300 g/mol. The van der Waals surface area contributed by atoms with Crippen LogP contribution in [0.2, 0.25) is 0 Å². The maximum absolute atomic E-state index is 5.82. The lowest BCUT2D eigenvalue weighted by molar-refractivity contribution is 0.483. The van der Waals surface area contributed by atoms with Crippen molar-refractivity contribution in [3.8, 4) is 22.8 Å². The van der Waals surface area contributed by atoms with Crippen LogP contribution in [0.25, 0.3) is 16.9 Å². The Balaban J connectivity index is 1.65. The molecule has 2 heterocycles. The molecule has 0 aliphatic heterocycles. The number of anilines is 1. The number of rotatable bonds is 4. The first kappa shape index (κ1) is 14.3. The van der Waals surface area contributed by atoms with Crippen LogP contribution in [0.1, 0.15) is 0 Å². The molecular formula is C19H16N4O. The molecule has 2 aromatic carbocycles. The Hall–Kier alpha value is -3.34. The van der Waals surface area contributed by atoms with Crippen molar-refractivity contribution in [1.29, 1.82) is 0 Å². The number of aromatic nitrogens is 3. The van der Waals surface area contributed by atoms with E-state index in [9.17, 15) is 0 Å². The van der Waals surface area contributed by atoms with Gasteiger partial charge in [0, 0.05) is 31.2 Å². The van der Waals surface area contributed by atoms with E-state index in [1.54, 1.807) is 6.20 Å². The summed E-state index contributed by atoms with van der Waals surface area (Å²) in [6.07, 6.45) is 5.64. The fourth-order valence-corrected chi connectivity index (χ4v) is 2.56. The van der Waals surface area contributed by atoms with Gasteiger partial charge in [-0.3, -0.25) is 0 Å². The molecule has 5 heteroatoms. The monoisotopic (exact) mass is 316 g/mol. The highest BCUT2D eigenvalue weighted by atomic mass is 16.5. The summed E-state index contributed by atoms with van der Waals surface area (Å²) in [5.74, 6) is 2.37. The summed E-state index contributed by atoms with van der Waals surface area (Å²) in [4.78, 5) is 8.94. The van der Waals surface area contributed by atoms with Crippen LogP contribution in [0.4, 0.5) is 5.82 Å². The molecule has 118 valence electrons. The SMILES string of the molecule is CNc1nc(-c2ccc(Oc3ccccc3)cc2)cn2ccnc12. The summed E-state index contributed by atoms with van der Waals surface area (Å²) >= 11 is 0. The van der Waals surface area contributed by atoms with E-state index in [2.05, 4.69) is 15.3 Å². The first-order valence-electron chi connectivity index (χ1n) is 7.68. The number of para-hydroxylation sites is 1. The maximum atomic E-state index is 5.82. The summed E-state index contributed by atoms with van der Waals surface area (Å²) in [6, 6.07) is 17.6. The van der Waals surface area contributed by atoms with Gasteiger partial charge in [-0.25, -0.2) is 9.97 Å². The van der Waals surface area contributed by atoms with E-state index in [0.717, 1.165) is 34.2 Å². The van der Waals surface area contributed by atoms with Crippen molar-refractivity contribution in [1.82, 2.24) is 14.4 Å². The van der Waals surface area contributed by atoms with Crippen molar-refractivity contribution < 1.29 is 4.74 Å². The molecule has 2 aromatic heterocycles. The van der Waals surface area contributed by atoms with Crippen molar-refractivity contribution in [2.45, 2.75) is 0 Å². The van der Waals surface area contributed by atoms with Crippen LogP contribution in [0.3, 0.4) is 0 Å². The van der Waals surface area contributed by atoms with Crippen molar-refractivity contribution in [3.05, 3.63) is 73.2 Å². The van der Waals surface area contributed by atoms with Crippen LogP contribution in [0, 0.1) is 0 Å². The highest BCUT2D eigenvalue weighted by molar-refractivity contribution is 5.69. The van der Waals surface area contributed by atoms with E-state index in [4.69, 9.17) is 4.74 Å². The number of hydrogen-bond donors (Lipinski definition) is 1. The maximum Gasteiger partial charge on any atom is 0.180 e. The lowest BCUT2D eigenvalue weighted by Crippen LogP contribution is -1.99. The molecule has 4 rings (SSSR count). The zero-order chi connectivity index (χ0) is 16.4. The third-order valence-electron chi connectivity index (χ3n) is 3.74. The first-order chi connectivity index (χ1) is 11.8. The average molecular weight is 316 g/mol. The van der Waals surface area contributed by atoms with Gasteiger partial charge in [-0.05, 0) is 36.4 Å². The van der Waals surface area contributed by atoms with E-state index in [1.165, 1.54) is 0 Å². The lowest BCUT2D eigenvalue weighted by atomic mass is 10.1. The van der Waals surface area contributed by atoms with Crippen LogP contribution < -0.4 is 10.1 Å². The quantitative estimate of drug-likeness (QED) is 0.612. The number of hydrogen-bond acceptors (Lipinski definition) is 4. The second kappa shape index (κ2) is 6.04. The number of benzene rings is 2. The topological polar surface area (TPSA) is 51.5 Å². The number of fused-ring (bicyclic) bond motifs is 1. The molecule has 4 aromatic rings. The molecule has 0 radical (unpaired) electrons. The molecule has 0 saturated carbocycles. The lowest BCUT2D eigenvalue weighted by Gasteiger charge is -2.09. The molecule has 0 saturated heterocycles. The highest BCUT2D eigenvalue weighted by Crippen LogP contribution is 2.26. The van der Waals surface area contributed by atoms with Gasteiger partial charge >= 0.3 is 0 Å². The molecule has 0 aliphatic carbocycles. The van der Waals surface area contributed by atoms with Gasteiger partial charge in [-0.15, -0.1) is 0 Å². The predicted molar refractivity (Wildman–Crippen MR) is 94.5 cm³/mol. The van der Waals surface area contributed by atoms with Gasteiger partial charge in [-0.1, -0.05) is 18.2 Å². The van der Waals surface area contributed by atoms with Gasteiger partial charge in [-0.2, -0.15) is 0 Å². The van der Waals surface area contributed by atoms with Gasteiger partial charge in [0.1, 0.15) is 11.5 Å². The fourth-order valence-electron chi connectivity index (χ4n) is 2.56. The van der Waals surface area contributed by atoms with Crippen molar-refractivity contribution in [2.24, 2.45) is 0 Å². The first-order valence-corrected chi connectivity index (χ1v) is 7.68. The zero-order valence-corrected chi connectivity index (χ0v) is 13.2. The molecule has 5 nitrogen and oxygen atoms in total. The Morgan fingerprint density at radius 3 is 2.46 bits per heavy atom. The number of imidazole rings is 1. The minimum absolute atomic E-state index is 0.752. The van der Waals surface area contributed by atoms with Crippen LogP contribution >= 0.6 is 0 Å². The van der Waals surface area contributed by atoms with Crippen molar-refractivity contribution in [2.75, 3.05) is 12.4 Å². The molecule has 0 amide bonds. The van der Waals surface area contributed by atoms with Crippen LogP contribution in [0.5, 0.6) is 11.5 Å². The average Bonchev–Trinajstić information content (AvgIpc) is 3.11. The molecule has 0 spiro atoms. The smallest absolute Gasteiger partial charge is 0.180 e. The van der Waals surface area contributed by atoms with Gasteiger partial charge in [0.25, 0.3) is 0 Å². The standard InChI is InChI=1S/C19H16N4O/c1-20-18-19-21-11-12-23(19)13-17(22-18)14-7-9-16(10-8-14)24-15-5-3-2-4-6-15/h2-13H,1H3,(H,20,22). The van der Waals surface area contributed by atoms with E-state index < -0.39 is 0 Å². The predicted octanol–water partition coefficient (Wildman–Crippen LogP) is 4.23. The molecule has 0 atom stereocenters. The van der Waals surface area contributed by atoms with Gasteiger partial charge in [0.15, 0.2) is 11.5 Å². The van der Waals surface area contributed by atoms with E-state index >= 15 is 0 Å². The Morgan fingerprint density at radius 2 is 1.71 bits per heavy atom. The Kier molecular flexibility index (Phi) is 3.59. The Bertz CT molecular complexity index is 962. The molecule has 0 aliphatic rings. The van der Waals surface area contributed by atoms with Crippen LogP contribution in [-0.4, -0.2) is 21.4 Å². The van der Waals surface area contributed by atoms with Crippen molar-refractivity contribution >= 4 is 11.5 Å². The minimum Gasteiger partial charge on any atom is -0.457 e. The minimum atomic E-state index is 0.752. The van der Waals surface area contributed by atoms with Crippen LogP contribution in [0.15, 0.2) is 73.2 Å². The largest absolute Gasteiger partial charge is 0.457 e. The van der Waals surface area contributed by atoms with Gasteiger partial charge < -0.3 is 14.5 Å². The van der Waals surface area contributed by atoms with Gasteiger partial charge in [0.2, 0.25) is 0 Å². The third-order valence-corrected chi connectivity index (χ3v) is 3.74. The number of nitrogens with zero attached hydrogens (tertiary/aromatic N) is 3. The second-order valence-corrected chi connectivity index (χ2v) is 5.32. The second-order valence-electron chi connectivity index (χ2n) is 5.32. The van der Waals surface area contributed by atoms with Crippen molar-refractivity contribution in [3.63, 3.8) is 0 Å². The number of nitrogens with one attached hydrogen (secondary N) is 1. The summed E-state index contributed by atoms with van der Waals surface area (Å²) in [6.45, 7) is 0.